The fourth-order valence-electron chi connectivity index (χ4n) is 2.25. The molecule has 0 aliphatic carbocycles. The van der Waals surface area contributed by atoms with Gasteiger partial charge in [0, 0.05) is 18.8 Å². The molecule has 5 heteroatoms. The Morgan fingerprint density at radius 3 is 3.17 bits per heavy atom. The van der Waals surface area contributed by atoms with Crippen LogP contribution in [0.2, 0.25) is 0 Å². The van der Waals surface area contributed by atoms with Gasteiger partial charge in [-0.05, 0) is 32.4 Å². The highest BCUT2D eigenvalue weighted by Crippen LogP contribution is 2.30. The molecule has 1 aromatic heterocycles. The van der Waals surface area contributed by atoms with E-state index in [1.165, 1.54) is 6.08 Å². The van der Waals surface area contributed by atoms with Gasteiger partial charge in [0.05, 0.1) is 11.7 Å². The maximum absolute atomic E-state index is 11.4. The average molecular weight is 249 g/mol. The van der Waals surface area contributed by atoms with Gasteiger partial charge in [-0.1, -0.05) is 6.58 Å². The van der Waals surface area contributed by atoms with Gasteiger partial charge in [0.1, 0.15) is 6.10 Å². The minimum atomic E-state index is -0.161. The summed E-state index contributed by atoms with van der Waals surface area (Å²) in [6.45, 7) is 8.26. The zero-order valence-corrected chi connectivity index (χ0v) is 10.8. The Morgan fingerprint density at radius 1 is 1.72 bits per heavy atom. The van der Waals surface area contributed by atoms with Crippen molar-refractivity contribution in [1.82, 2.24) is 15.1 Å². The third-order valence-corrected chi connectivity index (χ3v) is 3.09. The predicted molar refractivity (Wildman–Crippen MR) is 68.0 cm³/mol. The van der Waals surface area contributed by atoms with Crippen molar-refractivity contribution in [3.05, 3.63) is 30.6 Å². The van der Waals surface area contributed by atoms with E-state index in [0.29, 0.717) is 6.61 Å². The van der Waals surface area contributed by atoms with E-state index in [2.05, 4.69) is 30.8 Å². The molecule has 1 aliphatic heterocycles. The van der Waals surface area contributed by atoms with Crippen LogP contribution in [0.4, 0.5) is 0 Å². The number of aromatic nitrogens is 2. The van der Waals surface area contributed by atoms with Gasteiger partial charge in [-0.3, -0.25) is 9.48 Å². The second kappa shape index (κ2) is 5.35. The molecule has 0 radical (unpaired) electrons. The topological polar surface area (TPSA) is 56.1 Å². The SMILES string of the molecule is C=CC(=O)N[C@@H]1CCO[C@H]1c1ccnn1C(C)C. The molecule has 2 rings (SSSR count). The first-order valence-electron chi connectivity index (χ1n) is 6.21. The molecule has 0 aromatic carbocycles. The number of carbonyl (C=O) groups is 1. The van der Waals surface area contributed by atoms with Crippen LogP contribution in [0.15, 0.2) is 24.9 Å². The number of hydrogen-bond acceptors (Lipinski definition) is 3. The molecule has 2 heterocycles. The number of nitrogens with one attached hydrogen (secondary N) is 1. The van der Waals surface area contributed by atoms with E-state index in [9.17, 15) is 4.79 Å². The summed E-state index contributed by atoms with van der Waals surface area (Å²) in [6.07, 6.45) is 3.74. The molecule has 1 aliphatic rings. The van der Waals surface area contributed by atoms with E-state index in [4.69, 9.17) is 4.74 Å². The minimum absolute atomic E-state index is 0.00954. The van der Waals surface area contributed by atoms with Crippen molar-refractivity contribution in [2.75, 3.05) is 6.61 Å². The summed E-state index contributed by atoms with van der Waals surface area (Å²) in [7, 11) is 0. The summed E-state index contributed by atoms with van der Waals surface area (Å²) < 4.78 is 7.67. The second-order valence-electron chi connectivity index (χ2n) is 4.69. The largest absolute Gasteiger partial charge is 0.370 e. The number of rotatable bonds is 4. The first kappa shape index (κ1) is 12.8. The van der Waals surface area contributed by atoms with E-state index in [1.54, 1.807) is 6.20 Å². The second-order valence-corrected chi connectivity index (χ2v) is 4.69. The van der Waals surface area contributed by atoms with Crippen molar-refractivity contribution >= 4 is 5.91 Å². The van der Waals surface area contributed by atoms with Crippen LogP contribution in [-0.2, 0) is 9.53 Å². The molecule has 1 N–H and O–H groups in total. The van der Waals surface area contributed by atoms with Crippen LogP contribution in [0, 0.1) is 0 Å². The normalized spacial score (nSPS) is 23.3. The summed E-state index contributed by atoms with van der Waals surface area (Å²) in [6, 6.07) is 2.21. The third-order valence-electron chi connectivity index (χ3n) is 3.09. The fraction of sp³-hybridized carbons (Fsp3) is 0.538. The zero-order chi connectivity index (χ0) is 13.1. The Balaban J connectivity index is 2.18. The van der Waals surface area contributed by atoms with Crippen molar-refractivity contribution in [3.63, 3.8) is 0 Å². The lowest BCUT2D eigenvalue weighted by molar-refractivity contribution is -0.117. The standard InChI is InChI=1S/C13H19N3O2/c1-4-12(17)15-10-6-8-18-13(10)11-5-7-14-16(11)9(2)3/h4-5,7,9-10,13H,1,6,8H2,2-3H3,(H,15,17)/t10-,13-/m1/s1. The number of nitrogens with zero attached hydrogens (tertiary/aromatic N) is 2. The smallest absolute Gasteiger partial charge is 0.243 e. The van der Waals surface area contributed by atoms with Crippen LogP contribution in [0.25, 0.3) is 0 Å². The quantitative estimate of drug-likeness (QED) is 0.824. The van der Waals surface area contributed by atoms with Gasteiger partial charge in [0.25, 0.3) is 0 Å². The Morgan fingerprint density at radius 2 is 2.50 bits per heavy atom. The third kappa shape index (κ3) is 2.46. The average Bonchev–Trinajstić information content (AvgIpc) is 2.95. The van der Waals surface area contributed by atoms with Gasteiger partial charge in [0.2, 0.25) is 5.91 Å². The van der Waals surface area contributed by atoms with E-state index in [1.807, 2.05) is 10.7 Å². The Kier molecular flexibility index (Phi) is 3.81. The van der Waals surface area contributed by atoms with Gasteiger partial charge in [-0.15, -0.1) is 0 Å². The maximum atomic E-state index is 11.4. The maximum Gasteiger partial charge on any atom is 0.243 e. The lowest BCUT2D eigenvalue weighted by Crippen LogP contribution is -2.36. The molecule has 1 aromatic rings. The number of hydrogen-bond donors (Lipinski definition) is 1. The van der Waals surface area contributed by atoms with E-state index in [0.717, 1.165) is 12.1 Å². The van der Waals surface area contributed by atoms with Gasteiger partial charge in [-0.25, -0.2) is 0 Å². The summed E-state index contributed by atoms with van der Waals surface area (Å²) in [5, 5.41) is 7.21. The van der Waals surface area contributed by atoms with Crippen LogP contribution in [0.1, 0.15) is 38.1 Å². The monoisotopic (exact) mass is 249 g/mol. The molecular weight excluding hydrogens is 230 g/mol. The van der Waals surface area contributed by atoms with Crippen molar-refractivity contribution in [3.8, 4) is 0 Å². The lowest BCUT2D eigenvalue weighted by Gasteiger charge is -2.21. The van der Waals surface area contributed by atoms with Crippen molar-refractivity contribution in [2.24, 2.45) is 0 Å². The highest BCUT2D eigenvalue weighted by molar-refractivity contribution is 5.87. The van der Waals surface area contributed by atoms with E-state index in [-0.39, 0.29) is 24.1 Å². The van der Waals surface area contributed by atoms with Crippen molar-refractivity contribution in [2.45, 2.75) is 38.5 Å². The molecule has 0 unspecified atom stereocenters. The highest BCUT2D eigenvalue weighted by atomic mass is 16.5. The molecular formula is C13H19N3O2. The fourth-order valence-corrected chi connectivity index (χ4v) is 2.25. The highest BCUT2D eigenvalue weighted by Gasteiger charge is 2.33. The molecule has 18 heavy (non-hydrogen) atoms. The van der Waals surface area contributed by atoms with E-state index < -0.39 is 0 Å². The summed E-state index contributed by atoms with van der Waals surface area (Å²) in [5.41, 5.74) is 1.01. The molecule has 1 amide bonds. The molecule has 98 valence electrons. The Hall–Kier alpha value is -1.62. The molecule has 0 spiro atoms. The van der Waals surface area contributed by atoms with E-state index >= 15 is 0 Å². The summed E-state index contributed by atoms with van der Waals surface area (Å²) in [4.78, 5) is 11.4. The van der Waals surface area contributed by atoms with Crippen LogP contribution in [0.3, 0.4) is 0 Å². The molecule has 0 saturated carbocycles. The molecule has 5 nitrogen and oxygen atoms in total. The molecule has 1 fully saturated rings. The molecule has 2 atom stereocenters. The molecule has 1 saturated heterocycles. The van der Waals surface area contributed by atoms with Gasteiger partial charge < -0.3 is 10.1 Å². The Bertz CT molecular complexity index is 439. The predicted octanol–water partition coefficient (Wildman–Crippen LogP) is 1.60. The van der Waals surface area contributed by atoms with Gasteiger partial charge in [0.15, 0.2) is 0 Å². The zero-order valence-electron chi connectivity index (χ0n) is 10.8. The lowest BCUT2D eigenvalue weighted by atomic mass is 10.1. The summed E-state index contributed by atoms with van der Waals surface area (Å²) >= 11 is 0. The molecule has 0 bridgehead atoms. The van der Waals surface area contributed by atoms with Crippen LogP contribution < -0.4 is 5.32 Å². The number of ether oxygens (including phenoxy) is 1. The van der Waals surface area contributed by atoms with Crippen molar-refractivity contribution in [1.29, 1.82) is 0 Å². The minimum Gasteiger partial charge on any atom is -0.370 e. The Labute approximate surface area is 107 Å². The van der Waals surface area contributed by atoms with Gasteiger partial charge >= 0.3 is 0 Å². The van der Waals surface area contributed by atoms with Crippen molar-refractivity contribution < 1.29 is 9.53 Å². The van der Waals surface area contributed by atoms with Crippen LogP contribution >= 0.6 is 0 Å². The number of carbonyl (C=O) groups excluding carboxylic acids is 1. The summed E-state index contributed by atoms with van der Waals surface area (Å²) in [5.74, 6) is -0.161. The first-order chi connectivity index (χ1) is 8.63. The van der Waals surface area contributed by atoms with Gasteiger partial charge in [-0.2, -0.15) is 5.10 Å². The van der Waals surface area contributed by atoms with Crippen LogP contribution in [-0.4, -0.2) is 28.3 Å². The first-order valence-corrected chi connectivity index (χ1v) is 6.21. The van der Waals surface area contributed by atoms with Crippen LogP contribution in [0.5, 0.6) is 0 Å². The number of amides is 1.